The zero-order valence-electron chi connectivity index (χ0n) is 53.7. The van der Waals surface area contributed by atoms with Gasteiger partial charge in [-0.15, -0.1) is 0 Å². The van der Waals surface area contributed by atoms with Crippen molar-refractivity contribution < 1.29 is 24.4 Å². The topological polar surface area (TPSA) is 68.2 Å². The molecular weight excluding hydrogens is 945 g/mol. The number of ether oxygens (including phenoxy) is 3. The Hall–Kier alpha value is -0.200. The summed E-state index contributed by atoms with van der Waals surface area (Å²) >= 11 is 0. The molecule has 0 radical (unpaired) electrons. The monoisotopic (exact) mass is 1090 g/mol. The number of aliphatic hydroxyl groups is 2. The minimum absolute atomic E-state index is 0.00000500. The average molecular weight is 1090 g/mol. The van der Waals surface area contributed by atoms with Crippen LogP contribution in [0, 0.1) is 11.8 Å². The molecule has 5 heteroatoms. The average Bonchev–Trinajstić information content (AvgIpc) is 3.44. The molecule has 0 spiro atoms. The van der Waals surface area contributed by atoms with Crippen LogP contribution < -0.4 is 0 Å². The Bertz CT molecular complexity index is 945. The molecule has 0 rings (SSSR count). The normalized spacial score (nSPS) is 13.5. The molecule has 0 bridgehead atoms. The Morgan fingerprint density at radius 1 is 0.221 bits per heavy atom. The molecule has 0 aromatic carbocycles. The van der Waals surface area contributed by atoms with Gasteiger partial charge in [0, 0.05) is 0 Å². The highest BCUT2D eigenvalue weighted by Crippen LogP contribution is 2.25. The molecule has 0 aliphatic carbocycles. The Morgan fingerprint density at radius 2 is 0.390 bits per heavy atom. The van der Waals surface area contributed by atoms with Gasteiger partial charge >= 0.3 is 0 Å². The number of hydrogen-bond donors (Lipinski definition) is 2. The van der Waals surface area contributed by atoms with Crippen molar-refractivity contribution in [2.75, 3.05) is 26.4 Å². The van der Waals surface area contributed by atoms with Gasteiger partial charge in [0.15, 0.2) is 12.6 Å². The van der Waals surface area contributed by atoms with E-state index >= 15 is 0 Å². The number of aliphatic hydroxyl groups excluding tert-OH is 2. The second kappa shape index (κ2) is 68.3. The van der Waals surface area contributed by atoms with Crippen LogP contribution >= 0.6 is 0 Å². The molecule has 0 heterocycles. The number of rotatable bonds is 70. The third-order valence-corrected chi connectivity index (χ3v) is 17.8. The SMILES string of the molecule is CCCCCCCCCCCCCCCCC(CC)CCCCCCCCCCCCCCC(OCCO)OC(CCCCCCCCCCCCCCC(CC)CCCCCCCCCCCCCCCC)OCCO. The fraction of sp³-hybridized carbons (Fsp3) is 1.00. The summed E-state index contributed by atoms with van der Waals surface area (Å²) < 4.78 is 18.2. The van der Waals surface area contributed by atoms with Crippen molar-refractivity contribution in [2.45, 2.75) is 426 Å². The highest BCUT2D eigenvalue weighted by Gasteiger charge is 2.18. The molecular formula is C72H146O5. The first-order valence-corrected chi connectivity index (χ1v) is 36.2. The van der Waals surface area contributed by atoms with Crippen LogP contribution in [0.5, 0.6) is 0 Å². The van der Waals surface area contributed by atoms with Gasteiger partial charge in [0.1, 0.15) is 0 Å². The van der Waals surface area contributed by atoms with E-state index in [4.69, 9.17) is 14.2 Å². The first-order valence-electron chi connectivity index (χ1n) is 36.2. The van der Waals surface area contributed by atoms with Gasteiger partial charge in [-0.25, -0.2) is 0 Å². The first-order chi connectivity index (χ1) is 38.1. The predicted molar refractivity (Wildman–Crippen MR) is 341 cm³/mol. The molecule has 5 nitrogen and oxygen atoms in total. The molecule has 0 saturated heterocycles. The highest BCUT2D eigenvalue weighted by molar-refractivity contribution is 4.62. The van der Waals surface area contributed by atoms with Gasteiger partial charge in [-0.2, -0.15) is 0 Å². The Kier molecular flexibility index (Phi) is 68.1. The molecule has 0 aromatic rings. The molecule has 0 aliphatic heterocycles. The summed E-state index contributed by atoms with van der Waals surface area (Å²) in [5.41, 5.74) is 0. The van der Waals surface area contributed by atoms with Crippen LogP contribution in [0.2, 0.25) is 0 Å². The molecule has 0 fully saturated rings. The summed E-state index contributed by atoms with van der Waals surface area (Å²) in [6.45, 7) is 10.0. The van der Waals surface area contributed by atoms with E-state index in [1.54, 1.807) is 0 Å². The van der Waals surface area contributed by atoms with Gasteiger partial charge in [0.25, 0.3) is 0 Å². The third kappa shape index (κ3) is 61.7. The molecule has 0 aliphatic rings. The lowest BCUT2D eigenvalue weighted by atomic mass is 9.92. The fourth-order valence-electron chi connectivity index (χ4n) is 12.3. The first kappa shape index (κ1) is 76.8. The van der Waals surface area contributed by atoms with Crippen LogP contribution in [0.4, 0.5) is 0 Å². The van der Waals surface area contributed by atoms with Crippen molar-refractivity contribution in [1.29, 1.82) is 0 Å². The van der Waals surface area contributed by atoms with Gasteiger partial charge in [0.2, 0.25) is 0 Å². The second-order valence-electron chi connectivity index (χ2n) is 25.1. The van der Waals surface area contributed by atoms with Gasteiger partial charge < -0.3 is 24.4 Å². The molecule has 0 saturated carbocycles. The van der Waals surface area contributed by atoms with Crippen molar-refractivity contribution in [3.8, 4) is 0 Å². The molecule has 2 N–H and O–H groups in total. The van der Waals surface area contributed by atoms with Crippen LogP contribution in [0.25, 0.3) is 0 Å². The van der Waals surface area contributed by atoms with Crippen LogP contribution in [0.1, 0.15) is 413 Å². The molecule has 4 atom stereocenters. The summed E-state index contributed by atoms with van der Waals surface area (Å²) in [7, 11) is 0. The quantitative estimate of drug-likeness (QED) is 0.0469. The fourth-order valence-corrected chi connectivity index (χ4v) is 12.3. The summed E-state index contributed by atoms with van der Waals surface area (Å²) in [6.07, 6.45) is 82.7. The van der Waals surface area contributed by atoms with Crippen molar-refractivity contribution >= 4 is 0 Å². The van der Waals surface area contributed by atoms with Crippen LogP contribution in [-0.4, -0.2) is 49.2 Å². The molecule has 464 valence electrons. The molecule has 0 aromatic heterocycles. The van der Waals surface area contributed by atoms with Gasteiger partial charge in [-0.3, -0.25) is 0 Å². The van der Waals surface area contributed by atoms with E-state index in [9.17, 15) is 10.2 Å². The summed E-state index contributed by atoms with van der Waals surface area (Å²) in [5.74, 6) is 1.94. The van der Waals surface area contributed by atoms with E-state index in [-0.39, 0.29) is 39.0 Å². The lowest BCUT2D eigenvalue weighted by molar-refractivity contribution is -0.252. The summed E-state index contributed by atoms with van der Waals surface area (Å²) in [6, 6.07) is 0. The standard InChI is InChI=1S/C72H146O5/c1-5-9-11-13-15-17-19-21-23-29-35-41-47-53-59-69(7-3)61-55-49-43-37-31-25-27-33-39-45-51-57-63-71(75-67-65-73)77-72(76-68-66-74)64-58-52-46-40-34-28-26-32-38-44-50-56-62-70(8-4)60-54-48-42-36-30-24-22-20-18-16-14-12-10-6-2/h69-74H,5-68H2,1-4H3. The number of unbranched alkanes of at least 4 members (excludes halogenated alkanes) is 48. The smallest absolute Gasteiger partial charge is 0.160 e. The molecule has 0 amide bonds. The van der Waals surface area contributed by atoms with Crippen molar-refractivity contribution in [3.63, 3.8) is 0 Å². The van der Waals surface area contributed by atoms with E-state index in [0.717, 1.165) is 37.5 Å². The largest absolute Gasteiger partial charge is 0.394 e. The zero-order valence-corrected chi connectivity index (χ0v) is 53.7. The van der Waals surface area contributed by atoms with E-state index < -0.39 is 0 Å². The number of hydrogen-bond acceptors (Lipinski definition) is 5. The van der Waals surface area contributed by atoms with E-state index in [2.05, 4.69) is 27.7 Å². The Labute approximate surface area is 486 Å². The summed E-state index contributed by atoms with van der Waals surface area (Å²) in [5, 5.41) is 19.0. The Balaban J connectivity index is 3.81. The van der Waals surface area contributed by atoms with Gasteiger partial charge in [0.05, 0.1) is 26.4 Å². The van der Waals surface area contributed by atoms with Crippen molar-refractivity contribution in [3.05, 3.63) is 0 Å². The van der Waals surface area contributed by atoms with E-state index in [1.807, 2.05) is 0 Å². The zero-order chi connectivity index (χ0) is 55.7. The Morgan fingerprint density at radius 3 is 0.558 bits per heavy atom. The summed E-state index contributed by atoms with van der Waals surface area (Å²) in [4.78, 5) is 0. The van der Waals surface area contributed by atoms with Crippen LogP contribution in [0.15, 0.2) is 0 Å². The lowest BCUT2D eigenvalue weighted by Crippen LogP contribution is -2.28. The predicted octanol–water partition coefficient (Wildman–Crippen LogP) is 24.4. The van der Waals surface area contributed by atoms with Crippen LogP contribution in [-0.2, 0) is 14.2 Å². The molecule has 4 unspecified atom stereocenters. The minimum Gasteiger partial charge on any atom is -0.394 e. The maximum Gasteiger partial charge on any atom is 0.160 e. The second-order valence-corrected chi connectivity index (χ2v) is 25.1. The van der Waals surface area contributed by atoms with E-state index in [1.165, 1.54) is 360 Å². The van der Waals surface area contributed by atoms with Gasteiger partial charge in [-0.05, 0) is 37.5 Å². The lowest BCUT2D eigenvalue weighted by Gasteiger charge is -2.25. The minimum atomic E-state index is -0.357. The maximum atomic E-state index is 9.48. The van der Waals surface area contributed by atoms with E-state index in [0.29, 0.717) is 0 Å². The van der Waals surface area contributed by atoms with Gasteiger partial charge in [-0.1, -0.05) is 387 Å². The third-order valence-electron chi connectivity index (χ3n) is 17.8. The maximum absolute atomic E-state index is 9.48. The molecule has 77 heavy (non-hydrogen) atoms. The van der Waals surface area contributed by atoms with Crippen LogP contribution in [0.3, 0.4) is 0 Å². The van der Waals surface area contributed by atoms with Crippen molar-refractivity contribution in [1.82, 2.24) is 0 Å². The highest BCUT2D eigenvalue weighted by atomic mass is 16.8. The van der Waals surface area contributed by atoms with Crippen molar-refractivity contribution in [2.24, 2.45) is 11.8 Å².